The predicted molar refractivity (Wildman–Crippen MR) is 76.4 cm³/mol. The summed E-state index contributed by atoms with van der Waals surface area (Å²) in [5.41, 5.74) is 0.174. The van der Waals surface area contributed by atoms with Crippen molar-refractivity contribution >= 4 is 28.6 Å². The molecule has 0 aliphatic heterocycles. The number of imidazole rings is 1. The van der Waals surface area contributed by atoms with Crippen molar-refractivity contribution in [3.8, 4) is 5.82 Å². The quantitative estimate of drug-likeness (QED) is 0.736. The van der Waals surface area contributed by atoms with Gasteiger partial charge in [-0.25, -0.2) is 19.9 Å². The first-order valence-corrected chi connectivity index (χ1v) is 6.83. The molecule has 3 heterocycles. The molecule has 0 aliphatic carbocycles. The van der Waals surface area contributed by atoms with E-state index in [-0.39, 0.29) is 28.1 Å². The van der Waals surface area contributed by atoms with Crippen molar-refractivity contribution < 1.29 is 13.2 Å². The third-order valence-corrected chi connectivity index (χ3v) is 3.03. The maximum Gasteiger partial charge on any atom is 0.451 e. The summed E-state index contributed by atoms with van der Waals surface area (Å²) in [6.45, 7) is 2.12. The van der Waals surface area contributed by atoms with E-state index in [9.17, 15) is 13.2 Å². The first kappa shape index (κ1) is 15.4. The van der Waals surface area contributed by atoms with Crippen molar-refractivity contribution in [3.63, 3.8) is 0 Å². The number of halogens is 4. The van der Waals surface area contributed by atoms with Gasteiger partial charge in [0.15, 0.2) is 17.0 Å². The molecule has 0 fully saturated rings. The summed E-state index contributed by atoms with van der Waals surface area (Å²) in [6, 6.07) is 1.48. The van der Waals surface area contributed by atoms with Crippen LogP contribution >= 0.6 is 11.6 Å². The van der Waals surface area contributed by atoms with Gasteiger partial charge in [0, 0.05) is 12.7 Å². The Hall–Kier alpha value is -2.49. The lowest BCUT2D eigenvalue weighted by atomic mass is 10.4. The smallest absolute Gasteiger partial charge is 0.368 e. The van der Waals surface area contributed by atoms with Crippen LogP contribution in [0, 0.1) is 0 Å². The van der Waals surface area contributed by atoms with Gasteiger partial charge in [0.25, 0.3) is 0 Å². The highest BCUT2D eigenvalue weighted by Gasteiger charge is 2.36. The third-order valence-electron chi connectivity index (χ3n) is 2.85. The van der Waals surface area contributed by atoms with Gasteiger partial charge in [0.2, 0.25) is 11.1 Å². The molecule has 3 rings (SSSR count). The zero-order valence-corrected chi connectivity index (χ0v) is 12.4. The van der Waals surface area contributed by atoms with Crippen molar-refractivity contribution in [2.45, 2.75) is 13.1 Å². The number of alkyl halides is 3. The minimum Gasteiger partial charge on any atom is -0.368 e. The van der Waals surface area contributed by atoms with E-state index in [1.807, 2.05) is 0 Å². The van der Waals surface area contributed by atoms with Crippen LogP contribution in [0.25, 0.3) is 17.0 Å². The Bertz CT molecular complexity index is 861. The number of nitrogens with zero attached hydrogens (tertiary/aromatic N) is 6. The standard InChI is InChI=1S/C12H9ClF3N7/c1-2-17-8-7-9(22-10(21-8)12(14,15)16)23(5-19-7)6-3-4-18-11(13)20-6/h3-5H,2H2,1H3,(H,17,21,22). The van der Waals surface area contributed by atoms with Gasteiger partial charge in [-0.2, -0.15) is 18.2 Å². The van der Waals surface area contributed by atoms with Crippen LogP contribution in [0.15, 0.2) is 18.6 Å². The Labute approximate surface area is 132 Å². The van der Waals surface area contributed by atoms with E-state index in [4.69, 9.17) is 11.6 Å². The molecule has 120 valence electrons. The molecule has 3 aromatic heterocycles. The summed E-state index contributed by atoms with van der Waals surface area (Å²) in [4.78, 5) is 18.8. The van der Waals surface area contributed by atoms with Gasteiger partial charge in [0.1, 0.15) is 12.1 Å². The topological polar surface area (TPSA) is 81.4 Å². The molecule has 0 radical (unpaired) electrons. The summed E-state index contributed by atoms with van der Waals surface area (Å²) in [5.74, 6) is -1.01. The van der Waals surface area contributed by atoms with E-state index < -0.39 is 12.0 Å². The fourth-order valence-corrected chi connectivity index (χ4v) is 2.09. The number of fused-ring (bicyclic) bond motifs is 1. The van der Waals surface area contributed by atoms with E-state index in [2.05, 4.69) is 30.2 Å². The predicted octanol–water partition coefficient (Wildman–Crippen LogP) is 2.71. The molecule has 3 aromatic rings. The summed E-state index contributed by atoms with van der Waals surface area (Å²) in [7, 11) is 0. The normalized spacial score (nSPS) is 11.9. The highest BCUT2D eigenvalue weighted by Crippen LogP contribution is 2.30. The first-order chi connectivity index (χ1) is 10.9. The summed E-state index contributed by atoms with van der Waals surface area (Å²) in [6.07, 6.45) is -2.00. The molecule has 0 atom stereocenters. The third kappa shape index (κ3) is 2.89. The monoisotopic (exact) mass is 343 g/mol. The molecule has 23 heavy (non-hydrogen) atoms. The number of rotatable bonds is 3. The Morgan fingerprint density at radius 2 is 2.00 bits per heavy atom. The molecule has 11 heteroatoms. The highest BCUT2D eigenvalue weighted by atomic mass is 35.5. The summed E-state index contributed by atoms with van der Waals surface area (Å²) < 4.78 is 40.3. The zero-order valence-electron chi connectivity index (χ0n) is 11.6. The van der Waals surface area contributed by atoms with Crippen molar-refractivity contribution in [2.75, 3.05) is 11.9 Å². The zero-order chi connectivity index (χ0) is 16.6. The largest absolute Gasteiger partial charge is 0.451 e. The molecule has 0 unspecified atom stereocenters. The van der Waals surface area contributed by atoms with Gasteiger partial charge in [0.05, 0.1) is 0 Å². The van der Waals surface area contributed by atoms with Crippen molar-refractivity contribution in [3.05, 3.63) is 29.7 Å². The van der Waals surface area contributed by atoms with E-state index in [1.54, 1.807) is 6.92 Å². The molecule has 0 spiro atoms. The number of nitrogens with one attached hydrogen (secondary N) is 1. The second-order valence-corrected chi connectivity index (χ2v) is 4.73. The van der Waals surface area contributed by atoms with Crippen LogP contribution in [0.5, 0.6) is 0 Å². The molecule has 0 aromatic carbocycles. The highest BCUT2D eigenvalue weighted by molar-refractivity contribution is 6.28. The minimum absolute atomic E-state index is 0.00345. The molecule has 1 N–H and O–H groups in total. The molecule has 0 saturated carbocycles. The Morgan fingerprint density at radius 1 is 1.22 bits per heavy atom. The van der Waals surface area contributed by atoms with Crippen molar-refractivity contribution in [1.82, 2.24) is 29.5 Å². The molecule has 0 saturated heterocycles. The molecule has 7 nitrogen and oxygen atoms in total. The van der Waals surface area contributed by atoms with Gasteiger partial charge in [-0.15, -0.1) is 0 Å². The average molecular weight is 344 g/mol. The number of hydrogen-bond donors (Lipinski definition) is 1. The Morgan fingerprint density at radius 3 is 2.65 bits per heavy atom. The average Bonchev–Trinajstić information content (AvgIpc) is 2.90. The molecule has 0 aliphatic rings. The van der Waals surface area contributed by atoms with E-state index in [1.165, 1.54) is 23.2 Å². The lowest BCUT2D eigenvalue weighted by molar-refractivity contribution is -0.144. The maximum absolute atomic E-state index is 13.0. The van der Waals surface area contributed by atoms with Crippen LogP contribution < -0.4 is 5.32 Å². The maximum atomic E-state index is 13.0. The van der Waals surface area contributed by atoms with Crippen LogP contribution in [-0.4, -0.2) is 36.0 Å². The van der Waals surface area contributed by atoms with Gasteiger partial charge in [-0.3, -0.25) is 4.57 Å². The van der Waals surface area contributed by atoms with Gasteiger partial charge < -0.3 is 5.32 Å². The van der Waals surface area contributed by atoms with E-state index in [0.717, 1.165) is 0 Å². The van der Waals surface area contributed by atoms with Gasteiger partial charge >= 0.3 is 6.18 Å². The van der Waals surface area contributed by atoms with E-state index >= 15 is 0 Å². The van der Waals surface area contributed by atoms with Crippen molar-refractivity contribution in [1.29, 1.82) is 0 Å². The second kappa shape index (κ2) is 5.61. The molecular formula is C12H9ClF3N7. The van der Waals surface area contributed by atoms with Crippen LogP contribution in [0.2, 0.25) is 5.28 Å². The summed E-state index contributed by atoms with van der Waals surface area (Å²) in [5, 5.41) is 2.71. The number of anilines is 1. The lowest BCUT2D eigenvalue weighted by Crippen LogP contribution is -2.14. The Balaban J connectivity index is 2.27. The fraction of sp³-hybridized carbons (Fsp3) is 0.250. The van der Waals surface area contributed by atoms with Crippen molar-refractivity contribution in [2.24, 2.45) is 0 Å². The van der Waals surface area contributed by atoms with Crippen LogP contribution in [0.4, 0.5) is 19.0 Å². The van der Waals surface area contributed by atoms with Gasteiger partial charge in [-0.1, -0.05) is 0 Å². The SMILES string of the molecule is CCNc1nc(C(F)(F)F)nc2c1ncn2-c1ccnc(Cl)n1. The lowest BCUT2D eigenvalue weighted by Gasteiger charge is -2.09. The Kier molecular flexibility index (Phi) is 3.76. The number of aromatic nitrogens is 6. The van der Waals surface area contributed by atoms with Crippen LogP contribution in [0.3, 0.4) is 0 Å². The first-order valence-electron chi connectivity index (χ1n) is 6.45. The molecule has 0 bridgehead atoms. The van der Waals surface area contributed by atoms with Crippen LogP contribution in [-0.2, 0) is 6.18 Å². The summed E-state index contributed by atoms with van der Waals surface area (Å²) >= 11 is 5.72. The van der Waals surface area contributed by atoms with Crippen LogP contribution in [0.1, 0.15) is 12.7 Å². The second-order valence-electron chi connectivity index (χ2n) is 4.39. The number of hydrogen-bond acceptors (Lipinski definition) is 6. The van der Waals surface area contributed by atoms with Gasteiger partial charge in [-0.05, 0) is 24.6 Å². The minimum atomic E-state index is -4.68. The fourth-order valence-electron chi connectivity index (χ4n) is 1.95. The molecule has 0 amide bonds. The molecular weight excluding hydrogens is 335 g/mol. The van der Waals surface area contributed by atoms with E-state index in [0.29, 0.717) is 6.54 Å².